The number of nitrogen functional groups attached to an aromatic ring is 1. The van der Waals surface area contributed by atoms with Gasteiger partial charge in [0.05, 0.1) is 5.56 Å². The summed E-state index contributed by atoms with van der Waals surface area (Å²) in [6.45, 7) is 0. The highest BCUT2D eigenvalue weighted by atomic mass is 19.1. The molecule has 0 aliphatic heterocycles. The van der Waals surface area contributed by atoms with Crippen molar-refractivity contribution >= 4 is 28.4 Å². The molecule has 0 radical (unpaired) electrons. The molecule has 4 aromatic rings. The molecule has 0 aliphatic rings. The summed E-state index contributed by atoms with van der Waals surface area (Å²) in [5.74, 6) is -1.68. The van der Waals surface area contributed by atoms with E-state index in [0.717, 1.165) is 11.6 Å². The van der Waals surface area contributed by atoms with E-state index in [-0.39, 0.29) is 11.1 Å². The molecule has 0 spiro atoms. The number of nitrogens with one attached hydrogen (secondary N) is 1. The average Bonchev–Trinajstić information content (AvgIpc) is 3.12. The number of hydrogen-bond acceptors (Lipinski definition) is 4. The Hall–Kier alpha value is -4.00. The van der Waals surface area contributed by atoms with Gasteiger partial charge in [-0.05, 0) is 42.0 Å². The zero-order valence-corrected chi connectivity index (χ0v) is 14.6. The molecule has 0 bridgehead atoms. The molecule has 0 atom stereocenters. The third kappa shape index (κ3) is 2.99. The summed E-state index contributed by atoms with van der Waals surface area (Å²) in [6.07, 6.45) is 3.11. The number of ketones is 1. The number of hydrogen-bond donors (Lipinski definition) is 3. The summed E-state index contributed by atoms with van der Waals surface area (Å²) in [5.41, 5.74) is 13.8. The molecule has 4 rings (SSSR count). The Morgan fingerprint density at radius 1 is 1.00 bits per heavy atom. The Bertz CT molecular complexity index is 1250. The molecule has 6 nitrogen and oxygen atoms in total. The van der Waals surface area contributed by atoms with E-state index in [0.29, 0.717) is 27.8 Å². The smallest absolute Gasteiger partial charge is 0.248 e. The molecule has 0 saturated heterocycles. The van der Waals surface area contributed by atoms with Crippen LogP contribution in [0.1, 0.15) is 26.3 Å². The Kier molecular flexibility index (Phi) is 4.12. The van der Waals surface area contributed by atoms with Crippen LogP contribution >= 0.6 is 0 Å². The van der Waals surface area contributed by atoms with Crippen LogP contribution in [0.4, 0.5) is 10.1 Å². The summed E-state index contributed by atoms with van der Waals surface area (Å²) in [6, 6.07) is 12.4. The Morgan fingerprint density at radius 3 is 2.61 bits per heavy atom. The molecule has 2 heterocycles. The summed E-state index contributed by atoms with van der Waals surface area (Å²) < 4.78 is 14.1. The first kappa shape index (κ1) is 17.4. The van der Waals surface area contributed by atoms with E-state index in [1.165, 1.54) is 18.3 Å². The number of rotatable bonds is 4. The molecular formula is C21H15FN4O2. The number of halogens is 1. The second-order valence-electron chi connectivity index (χ2n) is 6.34. The van der Waals surface area contributed by atoms with E-state index in [1.54, 1.807) is 36.5 Å². The van der Waals surface area contributed by atoms with Gasteiger partial charge in [0, 0.05) is 40.2 Å². The van der Waals surface area contributed by atoms with Crippen molar-refractivity contribution in [2.45, 2.75) is 0 Å². The van der Waals surface area contributed by atoms with E-state index in [9.17, 15) is 14.0 Å². The maximum Gasteiger partial charge on any atom is 0.248 e. The van der Waals surface area contributed by atoms with Gasteiger partial charge in [-0.15, -0.1) is 0 Å². The number of aromatic nitrogens is 2. The molecular weight excluding hydrogens is 359 g/mol. The van der Waals surface area contributed by atoms with Crippen LogP contribution in [0.5, 0.6) is 0 Å². The minimum Gasteiger partial charge on any atom is -0.399 e. The van der Waals surface area contributed by atoms with E-state index in [4.69, 9.17) is 11.5 Å². The lowest BCUT2D eigenvalue weighted by Crippen LogP contribution is -2.10. The fraction of sp³-hybridized carbons (Fsp3) is 0. The molecule has 2 aromatic carbocycles. The van der Waals surface area contributed by atoms with Crippen LogP contribution in [0.2, 0.25) is 0 Å². The number of primary amides is 1. The lowest BCUT2D eigenvalue weighted by atomic mass is 9.99. The van der Waals surface area contributed by atoms with Crippen molar-refractivity contribution < 1.29 is 14.0 Å². The van der Waals surface area contributed by atoms with Gasteiger partial charge in [-0.1, -0.05) is 12.1 Å². The first-order chi connectivity index (χ1) is 13.4. The fourth-order valence-corrected chi connectivity index (χ4v) is 3.06. The van der Waals surface area contributed by atoms with Gasteiger partial charge in [-0.3, -0.25) is 9.59 Å². The van der Waals surface area contributed by atoms with Crippen LogP contribution < -0.4 is 11.5 Å². The van der Waals surface area contributed by atoms with Crippen molar-refractivity contribution in [1.29, 1.82) is 0 Å². The first-order valence-electron chi connectivity index (χ1n) is 8.41. The number of H-pyrrole nitrogens is 1. The molecule has 0 fully saturated rings. The van der Waals surface area contributed by atoms with Gasteiger partial charge in [0.15, 0.2) is 5.78 Å². The number of nitrogens with two attached hydrogens (primary N) is 2. The van der Waals surface area contributed by atoms with Crippen molar-refractivity contribution in [2.24, 2.45) is 5.73 Å². The minimum absolute atomic E-state index is 0.109. The molecule has 1 amide bonds. The average molecular weight is 374 g/mol. The van der Waals surface area contributed by atoms with Gasteiger partial charge in [0.2, 0.25) is 5.91 Å². The molecule has 138 valence electrons. The van der Waals surface area contributed by atoms with Crippen LogP contribution in [0.25, 0.3) is 22.2 Å². The minimum atomic E-state index is -0.646. The largest absolute Gasteiger partial charge is 0.399 e. The van der Waals surface area contributed by atoms with Crippen molar-refractivity contribution in [2.75, 3.05) is 5.73 Å². The van der Waals surface area contributed by atoms with Crippen LogP contribution in [-0.4, -0.2) is 21.7 Å². The van der Waals surface area contributed by atoms with Gasteiger partial charge < -0.3 is 16.5 Å². The van der Waals surface area contributed by atoms with Crippen LogP contribution in [0.15, 0.2) is 60.9 Å². The monoisotopic (exact) mass is 374 g/mol. The Labute approximate surface area is 159 Å². The van der Waals surface area contributed by atoms with Crippen molar-refractivity contribution in [3.05, 3.63) is 83.4 Å². The van der Waals surface area contributed by atoms with Gasteiger partial charge in [-0.2, -0.15) is 0 Å². The zero-order chi connectivity index (χ0) is 19.8. The maximum absolute atomic E-state index is 14.1. The van der Waals surface area contributed by atoms with Crippen molar-refractivity contribution in [3.63, 3.8) is 0 Å². The second-order valence-corrected chi connectivity index (χ2v) is 6.34. The predicted molar refractivity (Wildman–Crippen MR) is 104 cm³/mol. The number of benzene rings is 2. The molecule has 0 unspecified atom stereocenters. The van der Waals surface area contributed by atoms with Crippen LogP contribution in [-0.2, 0) is 0 Å². The molecule has 28 heavy (non-hydrogen) atoms. The number of carbonyl (C=O) groups is 2. The second kappa shape index (κ2) is 6.62. The lowest BCUT2D eigenvalue weighted by Gasteiger charge is -2.05. The van der Waals surface area contributed by atoms with Gasteiger partial charge >= 0.3 is 0 Å². The Balaban J connectivity index is 1.83. The van der Waals surface area contributed by atoms with Gasteiger partial charge in [-0.25, -0.2) is 9.37 Å². The molecule has 5 N–H and O–H groups in total. The zero-order valence-electron chi connectivity index (χ0n) is 14.6. The maximum atomic E-state index is 14.1. The van der Waals surface area contributed by atoms with Gasteiger partial charge in [0.25, 0.3) is 0 Å². The molecule has 2 aromatic heterocycles. The van der Waals surface area contributed by atoms with Gasteiger partial charge in [0.1, 0.15) is 11.5 Å². The van der Waals surface area contributed by atoms with E-state index in [1.807, 2.05) is 0 Å². The van der Waals surface area contributed by atoms with Crippen molar-refractivity contribution in [1.82, 2.24) is 9.97 Å². The SMILES string of the molecule is NC(=O)c1cccc(-c2cnc3[nH]cc(C(=O)c4cc(N)ccc4F)c3c2)c1. The number of aromatic amines is 1. The highest BCUT2D eigenvalue weighted by Gasteiger charge is 2.19. The first-order valence-corrected chi connectivity index (χ1v) is 8.41. The molecule has 0 aliphatic carbocycles. The standard InChI is InChI=1S/C21H15FN4O2/c22-18-5-4-14(23)8-16(18)19(27)17-10-26-21-15(17)7-13(9-25-21)11-2-1-3-12(6-11)20(24)28/h1-10H,23H2,(H2,24,28)(H,25,26). The third-order valence-corrected chi connectivity index (χ3v) is 4.49. The highest BCUT2D eigenvalue weighted by molar-refractivity contribution is 6.16. The fourth-order valence-electron chi connectivity index (χ4n) is 3.06. The number of anilines is 1. The van der Waals surface area contributed by atoms with Crippen molar-refractivity contribution in [3.8, 4) is 11.1 Å². The summed E-state index contributed by atoms with van der Waals surface area (Å²) >= 11 is 0. The Morgan fingerprint density at radius 2 is 1.82 bits per heavy atom. The van der Waals surface area contributed by atoms with Crippen LogP contribution in [0.3, 0.4) is 0 Å². The van der Waals surface area contributed by atoms with Crippen LogP contribution in [0, 0.1) is 5.82 Å². The molecule has 7 heteroatoms. The predicted octanol–water partition coefficient (Wildman–Crippen LogP) is 3.28. The number of amides is 1. The topological polar surface area (TPSA) is 115 Å². The highest BCUT2D eigenvalue weighted by Crippen LogP contribution is 2.27. The number of fused-ring (bicyclic) bond motifs is 1. The normalized spacial score (nSPS) is 10.9. The lowest BCUT2D eigenvalue weighted by molar-refractivity contribution is 0.0998. The van der Waals surface area contributed by atoms with E-state index in [2.05, 4.69) is 9.97 Å². The number of nitrogens with zero attached hydrogens (tertiary/aromatic N) is 1. The molecule has 0 saturated carbocycles. The summed E-state index contributed by atoms with van der Waals surface area (Å²) in [5, 5.41) is 0.536. The number of pyridine rings is 1. The summed E-state index contributed by atoms with van der Waals surface area (Å²) in [4.78, 5) is 31.6. The number of carbonyl (C=O) groups excluding carboxylic acids is 2. The van der Waals surface area contributed by atoms with E-state index >= 15 is 0 Å². The third-order valence-electron chi connectivity index (χ3n) is 4.49. The van der Waals surface area contributed by atoms with E-state index < -0.39 is 17.5 Å². The quantitative estimate of drug-likeness (QED) is 0.375. The summed E-state index contributed by atoms with van der Waals surface area (Å²) in [7, 11) is 0.